The van der Waals surface area contributed by atoms with Crippen molar-refractivity contribution in [1.82, 2.24) is 15.1 Å². The van der Waals surface area contributed by atoms with Gasteiger partial charge in [-0.1, -0.05) is 12.1 Å². The number of nitrogens with one attached hydrogen (secondary N) is 1. The van der Waals surface area contributed by atoms with E-state index in [9.17, 15) is 5.11 Å². The molecule has 5 nitrogen and oxygen atoms in total. The van der Waals surface area contributed by atoms with Crippen LogP contribution in [0.3, 0.4) is 0 Å². The number of aromatic nitrogens is 2. The molecule has 1 aromatic carbocycles. The van der Waals surface area contributed by atoms with Gasteiger partial charge in [-0.2, -0.15) is 10.4 Å². The number of benzene rings is 1. The highest BCUT2D eigenvalue weighted by Gasteiger charge is 2.10. The summed E-state index contributed by atoms with van der Waals surface area (Å²) in [7, 11) is 1.88. The van der Waals surface area contributed by atoms with Gasteiger partial charge in [-0.15, -0.1) is 0 Å². The molecule has 2 rings (SSSR count). The van der Waals surface area contributed by atoms with Crippen LogP contribution in [0, 0.1) is 11.3 Å². The van der Waals surface area contributed by atoms with Crippen LogP contribution in [0.5, 0.6) is 0 Å². The van der Waals surface area contributed by atoms with E-state index in [-0.39, 0.29) is 6.10 Å². The highest BCUT2D eigenvalue weighted by Crippen LogP contribution is 2.22. The van der Waals surface area contributed by atoms with Gasteiger partial charge in [0.15, 0.2) is 0 Å². The van der Waals surface area contributed by atoms with Gasteiger partial charge in [-0.05, 0) is 19.1 Å². The van der Waals surface area contributed by atoms with E-state index in [1.807, 2.05) is 25.4 Å². The number of hydrogen-bond acceptors (Lipinski definition) is 4. The average Bonchev–Trinajstić information content (AvgIpc) is 2.79. The highest BCUT2D eigenvalue weighted by molar-refractivity contribution is 5.63. The van der Waals surface area contributed by atoms with Crippen molar-refractivity contribution in [1.29, 1.82) is 5.26 Å². The third-order valence-electron chi connectivity index (χ3n) is 2.95. The van der Waals surface area contributed by atoms with E-state index in [1.54, 1.807) is 23.7 Å². The molecule has 0 saturated carbocycles. The van der Waals surface area contributed by atoms with Gasteiger partial charge in [-0.3, -0.25) is 4.68 Å². The fourth-order valence-corrected chi connectivity index (χ4v) is 2.03. The van der Waals surface area contributed by atoms with Gasteiger partial charge in [0.25, 0.3) is 0 Å². The lowest BCUT2D eigenvalue weighted by Crippen LogP contribution is -2.23. The zero-order valence-electron chi connectivity index (χ0n) is 11.7. The molecule has 0 radical (unpaired) electrons. The summed E-state index contributed by atoms with van der Waals surface area (Å²) in [5.74, 6) is 0. The van der Waals surface area contributed by atoms with Gasteiger partial charge in [0.05, 0.1) is 23.4 Å². The fourth-order valence-electron chi connectivity index (χ4n) is 2.03. The molecule has 1 atom stereocenters. The average molecular weight is 270 g/mol. The Morgan fingerprint density at radius 3 is 2.70 bits per heavy atom. The molecule has 1 heterocycles. The van der Waals surface area contributed by atoms with E-state index in [4.69, 9.17) is 5.26 Å². The first kappa shape index (κ1) is 14.3. The molecule has 0 fully saturated rings. The van der Waals surface area contributed by atoms with E-state index in [0.717, 1.165) is 16.8 Å². The van der Waals surface area contributed by atoms with Crippen LogP contribution in [0.1, 0.15) is 18.1 Å². The second-order valence-electron chi connectivity index (χ2n) is 4.85. The van der Waals surface area contributed by atoms with E-state index >= 15 is 0 Å². The minimum absolute atomic E-state index is 0.370. The highest BCUT2D eigenvalue weighted by atomic mass is 16.3. The van der Waals surface area contributed by atoms with Gasteiger partial charge in [0.1, 0.15) is 0 Å². The van der Waals surface area contributed by atoms with Crippen LogP contribution in [0.4, 0.5) is 0 Å². The van der Waals surface area contributed by atoms with Crippen LogP contribution in [0.25, 0.3) is 11.3 Å². The number of aliphatic hydroxyl groups excluding tert-OH is 1. The second kappa shape index (κ2) is 6.33. The van der Waals surface area contributed by atoms with Crippen molar-refractivity contribution >= 4 is 0 Å². The zero-order valence-corrected chi connectivity index (χ0v) is 11.7. The van der Waals surface area contributed by atoms with Crippen molar-refractivity contribution in [3.05, 3.63) is 41.6 Å². The van der Waals surface area contributed by atoms with E-state index in [1.165, 1.54) is 0 Å². The maximum atomic E-state index is 9.27. The fraction of sp³-hybridized carbons (Fsp3) is 0.333. The zero-order chi connectivity index (χ0) is 14.5. The third-order valence-corrected chi connectivity index (χ3v) is 2.95. The molecule has 20 heavy (non-hydrogen) atoms. The van der Waals surface area contributed by atoms with Crippen molar-refractivity contribution in [2.24, 2.45) is 7.05 Å². The van der Waals surface area contributed by atoms with Crippen LogP contribution in [0.15, 0.2) is 30.5 Å². The van der Waals surface area contributed by atoms with Crippen LogP contribution in [0.2, 0.25) is 0 Å². The van der Waals surface area contributed by atoms with E-state index in [2.05, 4.69) is 16.5 Å². The summed E-state index contributed by atoms with van der Waals surface area (Å²) in [6, 6.07) is 9.49. The normalized spacial score (nSPS) is 12.1. The van der Waals surface area contributed by atoms with E-state index < -0.39 is 0 Å². The first-order valence-electron chi connectivity index (χ1n) is 6.52. The molecule has 0 aliphatic carbocycles. The van der Waals surface area contributed by atoms with Crippen molar-refractivity contribution in [2.75, 3.05) is 6.54 Å². The number of aliphatic hydroxyl groups is 1. The van der Waals surface area contributed by atoms with Crippen molar-refractivity contribution in [3.8, 4) is 17.3 Å². The smallest absolute Gasteiger partial charge is 0.0991 e. The first-order valence-corrected chi connectivity index (χ1v) is 6.52. The molecular weight excluding hydrogens is 252 g/mol. The molecular formula is C15H18N4O. The summed E-state index contributed by atoms with van der Waals surface area (Å²) in [6.45, 7) is 2.94. The molecule has 0 aliphatic heterocycles. The lowest BCUT2D eigenvalue weighted by molar-refractivity contribution is 0.191. The molecule has 1 aromatic heterocycles. The molecule has 0 bridgehead atoms. The Balaban J connectivity index is 2.20. The Kier molecular flexibility index (Phi) is 4.51. The van der Waals surface area contributed by atoms with Gasteiger partial charge in [0, 0.05) is 37.5 Å². The second-order valence-corrected chi connectivity index (χ2v) is 4.85. The summed E-state index contributed by atoms with van der Waals surface area (Å²) < 4.78 is 1.77. The number of hydrogen-bond donors (Lipinski definition) is 2. The maximum Gasteiger partial charge on any atom is 0.0991 e. The van der Waals surface area contributed by atoms with Gasteiger partial charge in [0.2, 0.25) is 0 Å². The Hall–Kier alpha value is -2.16. The Bertz CT molecular complexity index is 608. The molecule has 2 N–H and O–H groups in total. The molecule has 0 aliphatic rings. The van der Waals surface area contributed by atoms with Crippen LogP contribution in [-0.2, 0) is 13.6 Å². The van der Waals surface area contributed by atoms with Crippen molar-refractivity contribution in [2.45, 2.75) is 19.6 Å². The SMILES string of the molecule is CC(O)CNCc1cn(C)nc1-c1ccc(C#N)cc1. The Morgan fingerprint density at radius 2 is 2.10 bits per heavy atom. The minimum Gasteiger partial charge on any atom is -0.392 e. The first-order chi connectivity index (χ1) is 9.60. The predicted octanol–water partition coefficient (Wildman–Crippen LogP) is 1.43. The quantitative estimate of drug-likeness (QED) is 0.862. The summed E-state index contributed by atoms with van der Waals surface area (Å²) in [5.41, 5.74) is 3.59. The van der Waals surface area contributed by atoms with Crippen LogP contribution < -0.4 is 5.32 Å². The number of nitriles is 1. The van der Waals surface area contributed by atoms with Gasteiger partial charge in [-0.25, -0.2) is 0 Å². The number of aryl methyl sites for hydroxylation is 1. The molecule has 5 heteroatoms. The molecule has 104 valence electrons. The summed E-state index contributed by atoms with van der Waals surface area (Å²) in [4.78, 5) is 0. The molecule has 1 unspecified atom stereocenters. The lowest BCUT2D eigenvalue weighted by atomic mass is 10.1. The maximum absolute atomic E-state index is 9.27. The minimum atomic E-state index is -0.370. The molecule has 0 spiro atoms. The van der Waals surface area contributed by atoms with Gasteiger partial charge >= 0.3 is 0 Å². The summed E-state index contributed by atoms with van der Waals surface area (Å²) in [5, 5.41) is 25.7. The van der Waals surface area contributed by atoms with Crippen molar-refractivity contribution < 1.29 is 5.11 Å². The topological polar surface area (TPSA) is 73.9 Å². The summed E-state index contributed by atoms with van der Waals surface area (Å²) >= 11 is 0. The van der Waals surface area contributed by atoms with Crippen molar-refractivity contribution in [3.63, 3.8) is 0 Å². The largest absolute Gasteiger partial charge is 0.392 e. The standard InChI is InChI=1S/C15H18N4O/c1-11(20)8-17-9-14-10-19(2)18-15(14)13-5-3-12(7-16)4-6-13/h3-6,10-11,17,20H,8-9H2,1-2H3. The van der Waals surface area contributed by atoms with Crippen LogP contribution in [-0.4, -0.2) is 27.5 Å². The van der Waals surface area contributed by atoms with E-state index in [0.29, 0.717) is 18.7 Å². The Morgan fingerprint density at radius 1 is 1.40 bits per heavy atom. The number of nitrogens with zero attached hydrogens (tertiary/aromatic N) is 3. The molecule has 0 saturated heterocycles. The summed E-state index contributed by atoms with van der Waals surface area (Å²) in [6.07, 6.45) is 1.59. The molecule has 0 amide bonds. The predicted molar refractivity (Wildman–Crippen MR) is 76.7 cm³/mol. The van der Waals surface area contributed by atoms with Crippen LogP contribution >= 0.6 is 0 Å². The van der Waals surface area contributed by atoms with Gasteiger partial charge < -0.3 is 10.4 Å². The monoisotopic (exact) mass is 270 g/mol. The molecule has 2 aromatic rings. The lowest BCUT2D eigenvalue weighted by Gasteiger charge is -2.07. The Labute approximate surface area is 118 Å². The number of rotatable bonds is 5. The third kappa shape index (κ3) is 3.44.